The lowest BCUT2D eigenvalue weighted by Crippen LogP contribution is -2.63. The van der Waals surface area contributed by atoms with E-state index in [1.165, 1.54) is 6.42 Å². The number of ether oxygens (including phenoxy) is 1. The molecular formula is C16H25BrO2. The van der Waals surface area contributed by atoms with Crippen molar-refractivity contribution in [3.05, 3.63) is 12.2 Å². The Bertz CT molecular complexity index is 402. The Morgan fingerprint density at radius 3 is 2.53 bits per heavy atom. The smallest absolute Gasteiger partial charge is 0.305 e. The van der Waals surface area contributed by atoms with Crippen molar-refractivity contribution in [3.8, 4) is 0 Å². The summed E-state index contributed by atoms with van der Waals surface area (Å²) in [4.78, 5) is 11.8. The predicted molar refractivity (Wildman–Crippen MR) is 81.2 cm³/mol. The Kier molecular flexibility index (Phi) is 3.90. The molecule has 0 aromatic rings. The quantitative estimate of drug-likeness (QED) is 0.436. The van der Waals surface area contributed by atoms with Crippen molar-refractivity contribution in [2.24, 2.45) is 22.7 Å². The van der Waals surface area contributed by atoms with Gasteiger partial charge in [-0.05, 0) is 24.2 Å². The normalized spacial score (nSPS) is 39.3. The van der Waals surface area contributed by atoms with Crippen LogP contribution in [0.4, 0.5) is 0 Å². The predicted octanol–water partition coefficient (Wildman–Crippen LogP) is 4.33. The first-order chi connectivity index (χ1) is 8.77. The zero-order valence-corrected chi connectivity index (χ0v) is 14.0. The van der Waals surface area contributed by atoms with Crippen molar-refractivity contribution in [1.29, 1.82) is 0 Å². The highest BCUT2D eigenvalue weighted by Crippen LogP contribution is 2.66. The second kappa shape index (κ2) is 4.91. The summed E-state index contributed by atoms with van der Waals surface area (Å²) in [6.07, 6.45) is 2.72. The molecule has 0 radical (unpaired) electrons. The minimum absolute atomic E-state index is 0.00926. The maximum Gasteiger partial charge on any atom is 0.305 e. The van der Waals surface area contributed by atoms with E-state index in [1.807, 2.05) is 6.92 Å². The van der Waals surface area contributed by atoms with Gasteiger partial charge in [-0.1, -0.05) is 55.8 Å². The largest absolute Gasteiger partial charge is 0.461 e. The maximum absolute atomic E-state index is 11.8. The molecule has 0 aliphatic heterocycles. The first-order valence-corrected chi connectivity index (χ1v) is 8.33. The molecule has 0 heterocycles. The summed E-state index contributed by atoms with van der Waals surface area (Å²) in [6, 6.07) is 0. The molecule has 19 heavy (non-hydrogen) atoms. The number of carbonyl (C=O) groups is 1. The Balaban J connectivity index is 2.29. The average Bonchev–Trinajstić information content (AvgIpc) is 2.39. The van der Waals surface area contributed by atoms with Crippen LogP contribution in [0.2, 0.25) is 0 Å². The van der Waals surface area contributed by atoms with Gasteiger partial charge in [0.2, 0.25) is 0 Å². The molecule has 0 aromatic heterocycles. The van der Waals surface area contributed by atoms with Crippen molar-refractivity contribution in [2.45, 2.75) is 53.1 Å². The lowest BCUT2D eigenvalue weighted by Gasteiger charge is -2.65. The summed E-state index contributed by atoms with van der Waals surface area (Å²) < 4.78 is 5.84. The maximum atomic E-state index is 11.8. The first kappa shape index (κ1) is 15.1. The molecule has 0 spiro atoms. The van der Waals surface area contributed by atoms with Gasteiger partial charge in [-0.15, -0.1) is 0 Å². The minimum atomic E-state index is -0.0836. The number of hydrogen-bond acceptors (Lipinski definition) is 2. The highest BCUT2D eigenvalue weighted by molar-refractivity contribution is 9.09. The molecule has 2 bridgehead atoms. The highest BCUT2D eigenvalue weighted by atomic mass is 79.9. The molecule has 0 saturated heterocycles. The molecule has 4 atom stereocenters. The average molecular weight is 329 g/mol. The summed E-state index contributed by atoms with van der Waals surface area (Å²) in [7, 11) is 0. The topological polar surface area (TPSA) is 26.3 Å². The van der Waals surface area contributed by atoms with E-state index in [2.05, 4.69) is 43.3 Å². The summed E-state index contributed by atoms with van der Waals surface area (Å²) >= 11 is 3.52. The minimum Gasteiger partial charge on any atom is -0.461 e. The Morgan fingerprint density at radius 1 is 1.42 bits per heavy atom. The van der Waals surface area contributed by atoms with Crippen LogP contribution in [-0.4, -0.2) is 17.4 Å². The number of alkyl halides is 1. The van der Waals surface area contributed by atoms with Crippen LogP contribution in [0.1, 0.15) is 47.0 Å². The molecule has 0 N–H and O–H groups in total. The highest BCUT2D eigenvalue weighted by Gasteiger charge is 2.63. The number of rotatable bonds is 4. The van der Waals surface area contributed by atoms with E-state index in [0.29, 0.717) is 17.8 Å². The second-order valence-corrected chi connectivity index (χ2v) is 7.54. The van der Waals surface area contributed by atoms with Gasteiger partial charge in [0, 0.05) is 23.1 Å². The van der Waals surface area contributed by atoms with Crippen molar-refractivity contribution in [1.82, 2.24) is 0 Å². The number of halogens is 1. The molecule has 108 valence electrons. The lowest BCUT2D eigenvalue weighted by atomic mass is 9.41. The van der Waals surface area contributed by atoms with E-state index < -0.39 is 0 Å². The summed E-state index contributed by atoms with van der Waals surface area (Å²) in [5.41, 5.74) is 1.38. The molecule has 0 aromatic carbocycles. The van der Waals surface area contributed by atoms with E-state index in [-0.39, 0.29) is 17.5 Å². The van der Waals surface area contributed by atoms with Crippen molar-refractivity contribution in [3.63, 3.8) is 0 Å². The Morgan fingerprint density at radius 2 is 2.05 bits per heavy atom. The van der Waals surface area contributed by atoms with Gasteiger partial charge in [0.05, 0.1) is 0 Å². The molecule has 3 rings (SSSR count). The SMILES string of the molecule is C=C(CBr)C1(C)CC2CC(C1OC(=O)CC)C2(C)C. The van der Waals surface area contributed by atoms with Gasteiger partial charge >= 0.3 is 5.97 Å². The van der Waals surface area contributed by atoms with E-state index in [9.17, 15) is 4.79 Å². The molecule has 4 unspecified atom stereocenters. The fourth-order valence-corrected chi connectivity index (χ4v) is 4.56. The number of esters is 1. The summed E-state index contributed by atoms with van der Waals surface area (Å²) in [5, 5.41) is 0.781. The third-order valence-electron chi connectivity index (χ3n) is 5.73. The van der Waals surface area contributed by atoms with Crippen LogP contribution < -0.4 is 0 Å². The van der Waals surface area contributed by atoms with Gasteiger partial charge in [-0.3, -0.25) is 4.79 Å². The van der Waals surface area contributed by atoms with Crippen LogP contribution in [0.3, 0.4) is 0 Å². The summed E-state index contributed by atoms with van der Waals surface area (Å²) in [6.45, 7) is 12.9. The van der Waals surface area contributed by atoms with E-state index in [0.717, 1.165) is 23.2 Å². The van der Waals surface area contributed by atoms with Crippen LogP contribution in [0.5, 0.6) is 0 Å². The van der Waals surface area contributed by atoms with Gasteiger partial charge in [0.25, 0.3) is 0 Å². The van der Waals surface area contributed by atoms with Gasteiger partial charge in [0.15, 0.2) is 0 Å². The van der Waals surface area contributed by atoms with Crippen molar-refractivity contribution < 1.29 is 9.53 Å². The molecule has 2 nitrogen and oxygen atoms in total. The third kappa shape index (κ3) is 2.18. The van der Waals surface area contributed by atoms with Crippen molar-refractivity contribution >= 4 is 21.9 Å². The zero-order chi connectivity index (χ0) is 14.4. The second-order valence-electron chi connectivity index (χ2n) is 6.98. The molecule has 3 saturated carbocycles. The number of hydrogen-bond donors (Lipinski definition) is 0. The lowest BCUT2D eigenvalue weighted by molar-refractivity contribution is -0.213. The molecule has 3 aliphatic rings. The molecule has 0 amide bonds. The molecular weight excluding hydrogens is 304 g/mol. The number of carbonyl (C=O) groups excluding carboxylic acids is 1. The standard InChI is InChI=1S/C16H25BrO2/c1-6-13(18)19-14-12-7-11(15(12,3)4)8-16(14,5)10(2)9-17/h11-12,14H,2,6-9H2,1,3-5H3. The van der Waals surface area contributed by atoms with E-state index in [4.69, 9.17) is 4.74 Å². The van der Waals surface area contributed by atoms with Crippen LogP contribution in [0, 0.1) is 22.7 Å². The van der Waals surface area contributed by atoms with Gasteiger partial charge in [-0.2, -0.15) is 0 Å². The van der Waals surface area contributed by atoms with Crippen molar-refractivity contribution in [2.75, 3.05) is 5.33 Å². The zero-order valence-electron chi connectivity index (χ0n) is 12.5. The summed E-state index contributed by atoms with van der Waals surface area (Å²) in [5.74, 6) is 1.12. The molecule has 3 heteroatoms. The van der Waals surface area contributed by atoms with Crippen LogP contribution in [0.15, 0.2) is 12.2 Å². The van der Waals surface area contributed by atoms with Crippen LogP contribution >= 0.6 is 15.9 Å². The Hall–Kier alpha value is -0.310. The Labute approximate surface area is 125 Å². The van der Waals surface area contributed by atoms with Gasteiger partial charge in [0.1, 0.15) is 6.10 Å². The third-order valence-corrected chi connectivity index (χ3v) is 6.40. The van der Waals surface area contributed by atoms with Crippen LogP contribution in [0.25, 0.3) is 0 Å². The fraction of sp³-hybridized carbons (Fsp3) is 0.812. The van der Waals surface area contributed by atoms with Crippen LogP contribution in [-0.2, 0) is 9.53 Å². The first-order valence-electron chi connectivity index (χ1n) is 7.21. The number of fused-ring (bicyclic) bond motifs is 2. The molecule has 3 aliphatic carbocycles. The fourth-order valence-electron chi connectivity index (χ4n) is 3.92. The van der Waals surface area contributed by atoms with E-state index >= 15 is 0 Å². The van der Waals surface area contributed by atoms with Gasteiger partial charge < -0.3 is 4.74 Å². The molecule has 3 fully saturated rings. The monoisotopic (exact) mass is 328 g/mol. The van der Waals surface area contributed by atoms with E-state index in [1.54, 1.807) is 0 Å². The van der Waals surface area contributed by atoms with Gasteiger partial charge in [-0.25, -0.2) is 0 Å².